The van der Waals surface area contributed by atoms with Crippen molar-refractivity contribution >= 4 is 11.8 Å². The van der Waals surface area contributed by atoms with E-state index in [-0.39, 0.29) is 17.9 Å². The van der Waals surface area contributed by atoms with Gasteiger partial charge in [-0.2, -0.15) is 0 Å². The quantitative estimate of drug-likeness (QED) is 0.726. The number of nitrogens with one attached hydrogen (secondary N) is 1. The Bertz CT molecular complexity index is 927. The van der Waals surface area contributed by atoms with Crippen molar-refractivity contribution in [2.75, 3.05) is 32.7 Å². The molecule has 6 nitrogen and oxygen atoms in total. The number of amides is 2. The molecule has 3 heterocycles. The van der Waals surface area contributed by atoms with Gasteiger partial charge in [0, 0.05) is 45.3 Å². The van der Waals surface area contributed by atoms with E-state index < -0.39 is 0 Å². The monoisotopic (exact) mass is 434 g/mol. The van der Waals surface area contributed by atoms with Gasteiger partial charge in [0.2, 0.25) is 5.91 Å². The smallest absolute Gasteiger partial charge is 0.255 e. The number of nitrogens with zero attached hydrogens (tertiary/aromatic N) is 3. The predicted octanol–water partition coefficient (Wildman–Crippen LogP) is 3.36. The third-order valence-electron chi connectivity index (χ3n) is 7.00. The van der Waals surface area contributed by atoms with Crippen LogP contribution < -0.4 is 5.32 Å². The van der Waals surface area contributed by atoms with Crippen LogP contribution in [-0.4, -0.2) is 59.3 Å². The Balaban J connectivity index is 1.33. The minimum Gasteiger partial charge on any atom is -0.349 e. The first-order valence-electron chi connectivity index (χ1n) is 11.7. The number of pyridine rings is 1. The number of rotatable bonds is 7. The molecule has 1 N–H and O–H groups in total. The lowest BCUT2D eigenvalue weighted by Gasteiger charge is -2.25. The lowest BCUT2D eigenvalue weighted by Crippen LogP contribution is -2.35. The molecular formula is C26H34N4O2. The summed E-state index contributed by atoms with van der Waals surface area (Å²) in [5.41, 5.74) is 3.74. The second kappa shape index (κ2) is 9.82. The van der Waals surface area contributed by atoms with Crippen molar-refractivity contribution in [3.63, 3.8) is 0 Å². The number of hydrogen-bond donors (Lipinski definition) is 1. The summed E-state index contributed by atoms with van der Waals surface area (Å²) in [5.74, 6) is 1.26. The van der Waals surface area contributed by atoms with Crippen molar-refractivity contribution in [1.29, 1.82) is 0 Å². The topological polar surface area (TPSA) is 65.5 Å². The maximum atomic E-state index is 13.1. The van der Waals surface area contributed by atoms with Crippen LogP contribution in [0.15, 0.2) is 42.6 Å². The van der Waals surface area contributed by atoms with Crippen LogP contribution in [-0.2, 0) is 4.79 Å². The first-order valence-corrected chi connectivity index (χ1v) is 11.7. The van der Waals surface area contributed by atoms with Gasteiger partial charge in [-0.3, -0.25) is 14.6 Å². The standard InChI is InChI=1S/C26H34N4O2/c1-4-24(31)28-23(20-8-6-5-7-9-20)11-13-29-14-21-16-30(17-22(21)15-29)26(32)25-18(2)10-12-27-19(25)3/h5-10,12,21-23H,4,11,13-17H2,1-3H3,(H,28,31). The molecule has 3 unspecified atom stereocenters. The van der Waals surface area contributed by atoms with E-state index in [1.807, 2.05) is 49.9 Å². The number of likely N-dealkylation sites (tertiary alicyclic amines) is 2. The normalized spacial score (nSPS) is 21.4. The van der Waals surface area contributed by atoms with Gasteiger partial charge in [0.25, 0.3) is 5.91 Å². The summed E-state index contributed by atoms with van der Waals surface area (Å²) in [5, 5.41) is 3.18. The maximum absolute atomic E-state index is 13.1. The van der Waals surface area contributed by atoms with Gasteiger partial charge in [0.05, 0.1) is 17.3 Å². The zero-order chi connectivity index (χ0) is 22.7. The van der Waals surface area contributed by atoms with Crippen LogP contribution in [0, 0.1) is 25.7 Å². The number of benzene rings is 1. The van der Waals surface area contributed by atoms with Gasteiger partial charge in [-0.1, -0.05) is 37.3 Å². The molecule has 2 aromatic rings. The molecule has 2 fully saturated rings. The summed E-state index contributed by atoms with van der Waals surface area (Å²) < 4.78 is 0. The van der Waals surface area contributed by atoms with E-state index in [2.05, 4.69) is 27.3 Å². The zero-order valence-electron chi connectivity index (χ0n) is 19.4. The van der Waals surface area contributed by atoms with Crippen LogP contribution in [0.3, 0.4) is 0 Å². The van der Waals surface area contributed by atoms with E-state index in [9.17, 15) is 9.59 Å². The first-order chi connectivity index (χ1) is 15.5. The Labute approximate surface area is 191 Å². The van der Waals surface area contributed by atoms with Gasteiger partial charge in [-0.05, 0) is 49.3 Å². The van der Waals surface area contributed by atoms with Gasteiger partial charge >= 0.3 is 0 Å². The molecule has 4 rings (SSSR count). The van der Waals surface area contributed by atoms with Crippen LogP contribution in [0.4, 0.5) is 0 Å². The fourth-order valence-corrected chi connectivity index (χ4v) is 5.23. The Morgan fingerprint density at radius 3 is 2.38 bits per heavy atom. The summed E-state index contributed by atoms with van der Waals surface area (Å²) in [6.45, 7) is 10.4. The molecule has 170 valence electrons. The number of carbonyl (C=O) groups is 2. The molecule has 0 aliphatic carbocycles. The van der Waals surface area contributed by atoms with Gasteiger partial charge in [0.1, 0.15) is 0 Å². The molecular weight excluding hydrogens is 400 g/mol. The summed E-state index contributed by atoms with van der Waals surface area (Å²) in [6.07, 6.45) is 3.16. The van der Waals surface area contributed by atoms with Crippen molar-refractivity contribution in [3.05, 3.63) is 65.0 Å². The lowest BCUT2D eigenvalue weighted by molar-refractivity contribution is -0.121. The van der Waals surface area contributed by atoms with Crippen LogP contribution >= 0.6 is 0 Å². The van der Waals surface area contributed by atoms with Crippen LogP contribution in [0.5, 0.6) is 0 Å². The predicted molar refractivity (Wildman–Crippen MR) is 125 cm³/mol. The Morgan fingerprint density at radius 1 is 1.06 bits per heavy atom. The van der Waals surface area contributed by atoms with E-state index in [1.165, 1.54) is 0 Å². The van der Waals surface area contributed by atoms with Crippen molar-refractivity contribution in [1.82, 2.24) is 20.1 Å². The highest BCUT2D eigenvalue weighted by molar-refractivity contribution is 5.96. The van der Waals surface area contributed by atoms with Crippen molar-refractivity contribution in [3.8, 4) is 0 Å². The molecule has 2 aliphatic rings. The summed E-state index contributed by atoms with van der Waals surface area (Å²) in [4.78, 5) is 34.0. The minimum absolute atomic E-state index is 0.0405. The van der Waals surface area contributed by atoms with E-state index in [0.29, 0.717) is 18.3 Å². The maximum Gasteiger partial charge on any atom is 0.255 e. The van der Waals surface area contributed by atoms with Crippen molar-refractivity contribution < 1.29 is 9.59 Å². The number of hydrogen-bond acceptors (Lipinski definition) is 4. The van der Waals surface area contributed by atoms with E-state index in [0.717, 1.165) is 61.5 Å². The summed E-state index contributed by atoms with van der Waals surface area (Å²) >= 11 is 0. The average molecular weight is 435 g/mol. The van der Waals surface area contributed by atoms with Crippen LogP contribution in [0.1, 0.15) is 53.0 Å². The molecule has 2 aliphatic heterocycles. The number of aromatic nitrogens is 1. The highest BCUT2D eigenvalue weighted by Gasteiger charge is 2.42. The average Bonchev–Trinajstić information content (AvgIpc) is 3.36. The number of carbonyl (C=O) groups excluding carboxylic acids is 2. The van der Waals surface area contributed by atoms with Crippen molar-refractivity contribution in [2.24, 2.45) is 11.8 Å². The minimum atomic E-state index is 0.0405. The summed E-state index contributed by atoms with van der Waals surface area (Å²) in [6, 6.07) is 12.2. The fraction of sp³-hybridized carbons (Fsp3) is 0.500. The molecule has 2 saturated heterocycles. The highest BCUT2D eigenvalue weighted by Crippen LogP contribution is 2.33. The number of fused-ring (bicyclic) bond motifs is 1. The molecule has 1 aromatic carbocycles. The van der Waals surface area contributed by atoms with E-state index >= 15 is 0 Å². The second-order valence-corrected chi connectivity index (χ2v) is 9.25. The highest BCUT2D eigenvalue weighted by atomic mass is 16.2. The molecule has 32 heavy (non-hydrogen) atoms. The first kappa shape index (κ1) is 22.5. The molecule has 6 heteroatoms. The molecule has 3 atom stereocenters. The number of aryl methyl sites for hydroxylation is 2. The van der Waals surface area contributed by atoms with Gasteiger partial charge in [0.15, 0.2) is 0 Å². The van der Waals surface area contributed by atoms with Gasteiger partial charge in [-0.15, -0.1) is 0 Å². The molecule has 0 radical (unpaired) electrons. The Kier molecular flexibility index (Phi) is 6.89. The molecule has 1 aromatic heterocycles. The Morgan fingerprint density at radius 2 is 1.75 bits per heavy atom. The third-order valence-corrected chi connectivity index (χ3v) is 7.00. The Hall–Kier alpha value is -2.73. The molecule has 0 spiro atoms. The largest absolute Gasteiger partial charge is 0.349 e. The summed E-state index contributed by atoms with van der Waals surface area (Å²) in [7, 11) is 0. The SMILES string of the molecule is CCC(=O)NC(CCN1CC2CN(C(=O)c3c(C)ccnc3C)CC2C1)c1ccccc1. The van der Waals surface area contributed by atoms with Gasteiger partial charge < -0.3 is 15.1 Å². The molecule has 2 amide bonds. The zero-order valence-corrected chi connectivity index (χ0v) is 19.4. The lowest BCUT2D eigenvalue weighted by atomic mass is 10.0. The van der Waals surface area contributed by atoms with Crippen LogP contribution in [0.25, 0.3) is 0 Å². The molecule has 0 saturated carbocycles. The molecule has 0 bridgehead atoms. The van der Waals surface area contributed by atoms with E-state index in [1.54, 1.807) is 6.20 Å². The fourth-order valence-electron chi connectivity index (χ4n) is 5.23. The second-order valence-electron chi connectivity index (χ2n) is 9.25. The van der Waals surface area contributed by atoms with Crippen molar-refractivity contribution in [2.45, 2.75) is 39.7 Å². The van der Waals surface area contributed by atoms with Crippen LogP contribution in [0.2, 0.25) is 0 Å². The van der Waals surface area contributed by atoms with Gasteiger partial charge in [-0.25, -0.2) is 0 Å². The van der Waals surface area contributed by atoms with E-state index in [4.69, 9.17) is 0 Å². The third kappa shape index (κ3) is 4.85.